The van der Waals surface area contributed by atoms with Crippen molar-refractivity contribution in [2.24, 2.45) is 5.41 Å². The van der Waals surface area contributed by atoms with Crippen molar-refractivity contribution in [2.75, 3.05) is 26.7 Å². The average Bonchev–Trinajstić information content (AvgIpc) is 2.97. The van der Waals surface area contributed by atoms with Crippen LogP contribution >= 0.6 is 0 Å². The molecule has 1 spiro atoms. The number of likely N-dealkylation sites (N-methyl/N-ethyl adjacent to an activating group) is 1. The van der Waals surface area contributed by atoms with E-state index in [2.05, 4.69) is 9.97 Å². The summed E-state index contributed by atoms with van der Waals surface area (Å²) in [4.78, 5) is 31.2. The lowest BCUT2D eigenvalue weighted by Crippen LogP contribution is -2.49. The average molecular weight is 390 g/mol. The van der Waals surface area contributed by atoms with Crippen molar-refractivity contribution in [2.45, 2.75) is 24.2 Å². The van der Waals surface area contributed by atoms with Crippen LogP contribution in [0.5, 0.6) is 0 Å². The fourth-order valence-electron chi connectivity index (χ4n) is 4.01. The Balaban J connectivity index is 1.58. The molecule has 0 bridgehead atoms. The number of sulfonamides is 1. The quantitative estimate of drug-likeness (QED) is 0.748. The lowest BCUT2D eigenvalue weighted by molar-refractivity contribution is -0.142. The fraction of sp³-hybridized carbons (Fsp3) is 0.444. The molecular weight excluding hydrogens is 368 g/mol. The van der Waals surface area contributed by atoms with Crippen LogP contribution in [0.4, 0.5) is 0 Å². The maximum Gasteiger partial charge on any atom is 0.323 e. The Bertz CT molecular complexity index is 1070. The van der Waals surface area contributed by atoms with Crippen molar-refractivity contribution in [3.05, 3.63) is 40.8 Å². The molecule has 2 N–H and O–H groups in total. The van der Waals surface area contributed by atoms with E-state index in [4.69, 9.17) is 0 Å². The molecule has 2 aromatic rings. The van der Waals surface area contributed by atoms with Crippen LogP contribution in [0.1, 0.15) is 19.3 Å². The van der Waals surface area contributed by atoms with Gasteiger partial charge < -0.3 is 14.9 Å². The van der Waals surface area contributed by atoms with Crippen molar-refractivity contribution >= 4 is 27.0 Å². The first kappa shape index (κ1) is 18.0. The molecule has 0 aliphatic carbocycles. The molecule has 2 aliphatic heterocycles. The largest absolute Gasteiger partial charge is 0.342 e. The van der Waals surface area contributed by atoms with Crippen molar-refractivity contribution in [3.8, 4) is 0 Å². The molecule has 2 aliphatic rings. The number of allylic oxidation sites excluding steroid dienone is 1. The second-order valence-electron chi connectivity index (χ2n) is 7.33. The normalized spacial score (nSPS) is 21.1. The van der Waals surface area contributed by atoms with Crippen LogP contribution in [0, 0.1) is 5.41 Å². The number of carbonyl (C=O) groups excluding carboxylic acids is 1. The van der Waals surface area contributed by atoms with E-state index in [0.29, 0.717) is 49.9 Å². The molecule has 1 fully saturated rings. The van der Waals surface area contributed by atoms with Gasteiger partial charge in [0.2, 0.25) is 15.9 Å². The molecule has 0 unspecified atom stereocenters. The van der Waals surface area contributed by atoms with Gasteiger partial charge in [0, 0.05) is 26.7 Å². The number of carbonyl (C=O) groups is 1. The Morgan fingerprint density at radius 3 is 2.48 bits per heavy atom. The lowest BCUT2D eigenvalue weighted by Gasteiger charge is -2.40. The summed E-state index contributed by atoms with van der Waals surface area (Å²) in [5.41, 5.74) is 0.142. The summed E-state index contributed by atoms with van der Waals surface area (Å²) in [5.74, 6) is 0.0934. The number of rotatable bonds is 2. The predicted octanol–water partition coefficient (Wildman–Crippen LogP) is 1.05. The van der Waals surface area contributed by atoms with Gasteiger partial charge in [-0.15, -0.1) is 0 Å². The molecule has 9 heteroatoms. The Kier molecular flexibility index (Phi) is 4.23. The van der Waals surface area contributed by atoms with Gasteiger partial charge in [-0.3, -0.25) is 4.79 Å². The highest BCUT2D eigenvalue weighted by molar-refractivity contribution is 7.89. The number of H-pyrrole nitrogens is 2. The van der Waals surface area contributed by atoms with Crippen LogP contribution < -0.4 is 5.69 Å². The summed E-state index contributed by atoms with van der Waals surface area (Å²) >= 11 is 0. The molecule has 0 atom stereocenters. The number of amides is 1. The molecule has 144 valence electrons. The van der Waals surface area contributed by atoms with Gasteiger partial charge >= 0.3 is 5.69 Å². The number of nitrogens with one attached hydrogen (secondary N) is 2. The Morgan fingerprint density at radius 1 is 1.04 bits per heavy atom. The van der Waals surface area contributed by atoms with Crippen LogP contribution in [0.2, 0.25) is 0 Å². The van der Waals surface area contributed by atoms with Gasteiger partial charge in [0.1, 0.15) is 0 Å². The highest BCUT2D eigenvalue weighted by Crippen LogP contribution is 2.39. The van der Waals surface area contributed by atoms with Crippen LogP contribution in [-0.2, 0) is 14.8 Å². The third-order valence-electron chi connectivity index (χ3n) is 5.66. The zero-order chi connectivity index (χ0) is 19.2. The number of hydrogen-bond acceptors (Lipinski definition) is 4. The predicted molar refractivity (Wildman–Crippen MR) is 101 cm³/mol. The van der Waals surface area contributed by atoms with Gasteiger partial charge in [-0.25, -0.2) is 13.2 Å². The molecule has 1 saturated heterocycles. The van der Waals surface area contributed by atoms with Crippen LogP contribution in [0.15, 0.2) is 40.0 Å². The highest BCUT2D eigenvalue weighted by Gasteiger charge is 2.44. The van der Waals surface area contributed by atoms with Gasteiger partial charge in [-0.05, 0) is 37.5 Å². The molecule has 1 aromatic carbocycles. The van der Waals surface area contributed by atoms with Crippen molar-refractivity contribution in [1.82, 2.24) is 19.2 Å². The molecule has 1 amide bonds. The first-order chi connectivity index (χ1) is 12.8. The summed E-state index contributed by atoms with van der Waals surface area (Å²) in [6, 6.07) is 4.56. The molecule has 8 nitrogen and oxygen atoms in total. The highest BCUT2D eigenvalue weighted by atomic mass is 32.2. The van der Waals surface area contributed by atoms with Crippen LogP contribution in [0.25, 0.3) is 11.0 Å². The van der Waals surface area contributed by atoms with Crippen molar-refractivity contribution < 1.29 is 13.2 Å². The number of imidazole rings is 1. The van der Waals surface area contributed by atoms with Crippen LogP contribution in [-0.4, -0.2) is 60.2 Å². The Morgan fingerprint density at radius 2 is 1.74 bits per heavy atom. The second kappa shape index (κ2) is 6.35. The third-order valence-corrected chi connectivity index (χ3v) is 7.55. The minimum atomic E-state index is -3.69. The molecule has 3 heterocycles. The second-order valence-corrected chi connectivity index (χ2v) is 9.27. The minimum Gasteiger partial charge on any atom is -0.342 e. The van der Waals surface area contributed by atoms with E-state index in [9.17, 15) is 18.0 Å². The number of benzene rings is 1. The van der Waals surface area contributed by atoms with Crippen LogP contribution in [0.3, 0.4) is 0 Å². The SMILES string of the molecule is CN1CC=CCC2(CCN(S(=O)(=O)c3ccc4[nH]c(=O)[nH]c4c3)CC2)C1=O. The van der Waals surface area contributed by atoms with Gasteiger partial charge in [-0.2, -0.15) is 4.31 Å². The standard InChI is InChI=1S/C18H22N4O4S/c1-21-9-3-2-6-18(16(21)23)7-10-22(11-8-18)27(25,26)13-4-5-14-15(12-13)20-17(24)19-14/h2-5,12H,6-11H2,1H3,(H2,19,20,24). The Labute approximate surface area is 156 Å². The molecule has 27 heavy (non-hydrogen) atoms. The number of nitrogens with zero attached hydrogens (tertiary/aromatic N) is 2. The van der Waals surface area contributed by atoms with E-state index in [0.717, 1.165) is 0 Å². The first-order valence-electron chi connectivity index (χ1n) is 8.95. The minimum absolute atomic E-state index is 0.0934. The van der Waals surface area contributed by atoms with Crippen molar-refractivity contribution in [1.29, 1.82) is 0 Å². The molecule has 4 rings (SSSR count). The van der Waals surface area contributed by atoms with E-state index in [-0.39, 0.29) is 16.5 Å². The lowest BCUT2D eigenvalue weighted by atomic mass is 9.75. The summed E-state index contributed by atoms with van der Waals surface area (Å²) in [6.45, 7) is 1.20. The van der Waals surface area contributed by atoms with Gasteiger partial charge in [-0.1, -0.05) is 12.2 Å². The molecular formula is C18H22N4O4S. The maximum absolute atomic E-state index is 13.0. The van der Waals surface area contributed by atoms with E-state index in [1.54, 1.807) is 18.0 Å². The van der Waals surface area contributed by atoms with Gasteiger partial charge in [0.15, 0.2) is 0 Å². The number of aromatic nitrogens is 2. The first-order valence-corrected chi connectivity index (χ1v) is 10.4. The fourth-order valence-corrected chi connectivity index (χ4v) is 5.48. The smallest absolute Gasteiger partial charge is 0.323 e. The number of fused-ring (bicyclic) bond motifs is 1. The number of hydrogen-bond donors (Lipinski definition) is 2. The summed E-state index contributed by atoms with van der Waals surface area (Å²) in [7, 11) is -1.90. The number of aromatic amines is 2. The topological polar surface area (TPSA) is 106 Å². The number of piperidine rings is 1. The van der Waals surface area contributed by atoms with Gasteiger partial charge in [0.05, 0.1) is 21.3 Å². The zero-order valence-electron chi connectivity index (χ0n) is 15.1. The maximum atomic E-state index is 13.0. The monoisotopic (exact) mass is 390 g/mol. The molecule has 0 radical (unpaired) electrons. The van der Waals surface area contributed by atoms with Crippen molar-refractivity contribution in [3.63, 3.8) is 0 Å². The third kappa shape index (κ3) is 3.00. The summed E-state index contributed by atoms with van der Waals surface area (Å²) in [5, 5.41) is 0. The van der Waals surface area contributed by atoms with E-state index >= 15 is 0 Å². The van der Waals surface area contributed by atoms with E-state index < -0.39 is 15.4 Å². The Hall–Kier alpha value is -2.39. The zero-order valence-corrected chi connectivity index (χ0v) is 15.9. The van der Waals surface area contributed by atoms with E-state index in [1.807, 2.05) is 12.2 Å². The molecule has 1 aromatic heterocycles. The summed E-state index contributed by atoms with van der Waals surface area (Å²) < 4.78 is 27.5. The van der Waals surface area contributed by atoms with Gasteiger partial charge in [0.25, 0.3) is 0 Å². The van der Waals surface area contributed by atoms with E-state index in [1.165, 1.54) is 16.4 Å². The molecule has 0 saturated carbocycles. The summed E-state index contributed by atoms with van der Waals surface area (Å²) in [6.07, 6.45) is 5.68.